The third-order valence-electron chi connectivity index (χ3n) is 9.44. The number of amides is 5. The van der Waals surface area contributed by atoms with E-state index in [4.69, 9.17) is 19.7 Å². The number of morpholine rings is 1. The maximum absolute atomic E-state index is 13.2. The number of nitrogens with zero attached hydrogens (tertiary/aromatic N) is 8. The normalized spacial score (nSPS) is 27.1. The van der Waals surface area contributed by atoms with E-state index in [1.165, 1.54) is 23.8 Å². The van der Waals surface area contributed by atoms with Crippen molar-refractivity contribution in [3.8, 4) is 0 Å². The predicted molar refractivity (Wildman–Crippen MR) is 174 cm³/mol. The fourth-order valence-corrected chi connectivity index (χ4v) is 8.28. The molecule has 5 amide bonds. The Balaban J connectivity index is 1.03. The molecule has 6 rings (SSSR count). The van der Waals surface area contributed by atoms with E-state index in [-0.39, 0.29) is 43.0 Å². The van der Waals surface area contributed by atoms with Gasteiger partial charge in [-0.15, -0.1) is 0 Å². The molecule has 6 heterocycles. The predicted octanol–water partition coefficient (Wildman–Crippen LogP) is -1.85. The van der Waals surface area contributed by atoms with Crippen LogP contribution < -0.4 is 25.8 Å². The summed E-state index contributed by atoms with van der Waals surface area (Å²) in [5.41, 5.74) is 0. The number of likely N-dealkylation sites (N-methyl/N-ethyl adjacent to an activating group) is 1. The maximum Gasteiger partial charge on any atom is 0.315 e. The number of aliphatic hydroxyl groups excluding tert-OH is 1. The summed E-state index contributed by atoms with van der Waals surface area (Å²) in [4.78, 5) is 72.8. The van der Waals surface area contributed by atoms with Gasteiger partial charge in [-0.2, -0.15) is 26.7 Å². The molecule has 4 N–H and O–H groups in total. The summed E-state index contributed by atoms with van der Waals surface area (Å²) >= 11 is 1.92. The van der Waals surface area contributed by atoms with Gasteiger partial charge in [0.05, 0.1) is 31.4 Å². The summed E-state index contributed by atoms with van der Waals surface area (Å²) in [5, 5.41) is 19.9. The van der Waals surface area contributed by atoms with E-state index in [9.17, 15) is 24.3 Å². The number of hydrogen-bond acceptors (Lipinski definition) is 13. The number of unbranched alkanes of at least 4 members (excludes halogenated alkanes) is 1. The molecule has 1 aromatic heterocycles. The first-order valence-corrected chi connectivity index (χ1v) is 17.5. The van der Waals surface area contributed by atoms with Crippen molar-refractivity contribution in [1.82, 2.24) is 40.3 Å². The molecular weight excluding hydrogens is 630 g/mol. The molecule has 0 spiro atoms. The molecule has 0 bridgehead atoms. The number of nitrogens with one attached hydrogen (secondary N) is 3. The van der Waals surface area contributed by atoms with Crippen molar-refractivity contribution in [1.29, 1.82) is 0 Å². The molecule has 0 aliphatic carbocycles. The van der Waals surface area contributed by atoms with Gasteiger partial charge in [0.1, 0.15) is 19.1 Å². The van der Waals surface area contributed by atoms with Gasteiger partial charge >= 0.3 is 6.03 Å². The average Bonchev–Trinajstić information content (AvgIpc) is 3.62. The van der Waals surface area contributed by atoms with Crippen molar-refractivity contribution >= 4 is 53.4 Å². The van der Waals surface area contributed by atoms with E-state index in [2.05, 4.69) is 20.9 Å². The van der Waals surface area contributed by atoms with E-state index in [1.807, 2.05) is 16.7 Å². The van der Waals surface area contributed by atoms with Crippen molar-refractivity contribution < 1.29 is 29.0 Å². The summed E-state index contributed by atoms with van der Waals surface area (Å²) in [6.07, 6.45) is 1.94. The maximum atomic E-state index is 13.2. The average molecular weight is 676 g/mol. The number of hydrogen-bond donors (Lipinski definition) is 4. The van der Waals surface area contributed by atoms with Crippen LogP contribution in [0.25, 0.3) is 0 Å². The number of aromatic nitrogens is 3. The van der Waals surface area contributed by atoms with Crippen LogP contribution in [-0.4, -0.2) is 173 Å². The summed E-state index contributed by atoms with van der Waals surface area (Å²) in [5.74, 6) is 1.59. The number of urea groups is 1. The Kier molecular flexibility index (Phi) is 10.4. The Morgan fingerprint density at radius 1 is 1.02 bits per heavy atom. The molecule has 5 aliphatic heterocycles. The second-order valence-corrected chi connectivity index (χ2v) is 13.9. The monoisotopic (exact) mass is 675 g/mol. The number of carbonyl (C=O) groups excluding carboxylic acids is 4. The molecule has 1 aromatic rings. The van der Waals surface area contributed by atoms with Crippen LogP contribution in [0.3, 0.4) is 0 Å². The second-order valence-electron chi connectivity index (χ2n) is 12.7. The number of carbonyl (C=O) groups is 4. The Morgan fingerprint density at radius 2 is 1.72 bits per heavy atom. The van der Waals surface area contributed by atoms with Crippen molar-refractivity contribution in [2.45, 2.75) is 55.7 Å². The lowest BCUT2D eigenvalue weighted by atomic mass is 10.0. The van der Waals surface area contributed by atoms with Gasteiger partial charge < -0.3 is 50.3 Å². The van der Waals surface area contributed by atoms with E-state index < -0.39 is 18.1 Å². The molecule has 5 saturated heterocycles. The molecule has 47 heavy (non-hydrogen) atoms. The van der Waals surface area contributed by atoms with Crippen LogP contribution in [0.5, 0.6) is 0 Å². The number of thioether (sulfide) groups is 1. The SMILES string of the molecule is C[C@@H](O)[C@H]1C(=O)N(CC(=O)N2CCN(c3nc(NCCCC[C@@H]4SC[C@@H]5NC(=O)N[C@@H]54)nc(N4CCOCC4)n3)CC2)CC(=O)N1C. The summed E-state index contributed by atoms with van der Waals surface area (Å²) < 4.78 is 5.52. The highest BCUT2D eigenvalue weighted by molar-refractivity contribution is 8.00. The number of ether oxygens (including phenoxy) is 1. The zero-order valence-corrected chi connectivity index (χ0v) is 27.8. The minimum absolute atomic E-state index is 0.0619. The molecule has 18 heteroatoms. The molecule has 0 unspecified atom stereocenters. The van der Waals surface area contributed by atoms with Gasteiger partial charge in [0.25, 0.3) is 0 Å². The first-order chi connectivity index (χ1) is 22.7. The van der Waals surface area contributed by atoms with Crippen LogP contribution in [0.2, 0.25) is 0 Å². The standard InChI is InChI=1S/C29H45N11O6S/c1-18(41)24-25(44)40(15-21(42)36(24)2)16-22(43)37-7-9-38(10-8-37)27-33-26(34-28(35-27)39-11-13-46-14-12-39)30-6-4-3-5-20-23-19(17-47-20)31-29(45)32-23/h18-20,23-24,41H,3-17H2,1-2H3,(H2,31,32,45)(H,30,33,34,35)/t18-,19+,20+,23+,24+/m1/s1. The van der Waals surface area contributed by atoms with Crippen molar-refractivity contribution in [3.63, 3.8) is 0 Å². The second kappa shape index (κ2) is 14.6. The first kappa shape index (κ1) is 33.3. The van der Waals surface area contributed by atoms with Crippen LogP contribution in [0.15, 0.2) is 0 Å². The number of aliphatic hydroxyl groups is 1. The lowest BCUT2D eigenvalue weighted by molar-refractivity contribution is -0.160. The quantitative estimate of drug-likeness (QED) is 0.151. The van der Waals surface area contributed by atoms with Gasteiger partial charge in [0.15, 0.2) is 0 Å². The molecule has 258 valence electrons. The topological polar surface area (TPSA) is 189 Å². The fraction of sp³-hybridized carbons (Fsp3) is 0.759. The highest BCUT2D eigenvalue weighted by Gasteiger charge is 2.43. The Labute approximate surface area is 278 Å². The Bertz CT molecular complexity index is 1330. The zero-order valence-electron chi connectivity index (χ0n) is 27.0. The Hall–Kier alpha value is -3.64. The number of piperazine rings is 2. The molecule has 0 saturated carbocycles. The summed E-state index contributed by atoms with van der Waals surface area (Å²) in [6, 6.07) is -0.623. The van der Waals surface area contributed by atoms with Crippen LogP contribution in [-0.2, 0) is 19.1 Å². The first-order valence-electron chi connectivity index (χ1n) is 16.4. The highest BCUT2D eigenvalue weighted by Crippen LogP contribution is 2.33. The largest absolute Gasteiger partial charge is 0.391 e. The van der Waals surface area contributed by atoms with Gasteiger partial charge in [-0.3, -0.25) is 14.4 Å². The van der Waals surface area contributed by atoms with Crippen LogP contribution in [0, 0.1) is 0 Å². The number of anilines is 3. The summed E-state index contributed by atoms with van der Waals surface area (Å²) in [7, 11) is 1.49. The van der Waals surface area contributed by atoms with Crippen LogP contribution in [0.1, 0.15) is 26.2 Å². The number of fused-ring (bicyclic) bond motifs is 1. The van der Waals surface area contributed by atoms with Crippen molar-refractivity contribution in [2.24, 2.45) is 0 Å². The minimum Gasteiger partial charge on any atom is -0.391 e. The molecule has 0 aromatic carbocycles. The van der Waals surface area contributed by atoms with Crippen molar-refractivity contribution in [3.05, 3.63) is 0 Å². The molecule has 5 atom stereocenters. The molecular formula is C29H45N11O6S. The fourth-order valence-electron chi connectivity index (χ4n) is 6.74. The lowest BCUT2D eigenvalue weighted by Crippen LogP contribution is -2.63. The smallest absolute Gasteiger partial charge is 0.315 e. The molecule has 17 nitrogen and oxygen atoms in total. The highest BCUT2D eigenvalue weighted by atomic mass is 32.2. The van der Waals surface area contributed by atoms with Gasteiger partial charge in [0, 0.05) is 63.9 Å². The van der Waals surface area contributed by atoms with Gasteiger partial charge in [-0.25, -0.2) is 4.79 Å². The Morgan fingerprint density at radius 3 is 2.43 bits per heavy atom. The third-order valence-corrected chi connectivity index (χ3v) is 11.0. The number of rotatable bonds is 11. The minimum atomic E-state index is -1.04. The van der Waals surface area contributed by atoms with E-state index >= 15 is 0 Å². The molecule has 5 aliphatic rings. The van der Waals surface area contributed by atoms with E-state index in [0.717, 1.165) is 25.0 Å². The van der Waals surface area contributed by atoms with Crippen LogP contribution in [0.4, 0.5) is 22.6 Å². The zero-order chi connectivity index (χ0) is 33.1. The van der Waals surface area contributed by atoms with Gasteiger partial charge in [-0.05, 0) is 19.8 Å². The molecule has 5 fully saturated rings. The van der Waals surface area contributed by atoms with E-state index in [0.29, 0.717) is 82.1 Å². The van der Waals surface area contributed by atoms with Crippen molar-refractivity contribution in [2.75, 3.05) is 100 Å². The van der Waals surface area contributed by atoms with Gasteiger partial charge in [0.2, 0.25) is 35.6 Å². The summed E-state index contributed by atoms with van der Waals surface area (Å²) in [6.45, 7) is 6.13. The third kappa shape index (κ3) is 7.59. The lowest BCUT2D eigenvalue weighted by Gasteiger charge is -2.40. The molecule has 0 radical (unpaired) electrons. The van der Waals surface area contributed by atoms with E-state index in [1.54, 1.807) is 4.90 Å². The van der Waals surface area contributed by atoms with Gasteiger partial charge in [-0.1, -0.05) is 6.42 Å². The van der Waals surface area contributed by atoms with Crippen LogP contribution >= 0.6 is 11.8 Å².